The molecule has 0 spiro atoms. The second kappa shape index (κ2) is 3.28. The zero-order valence-corrected chi connectivity index (χ0v) is 7.81. The van der Waals surface area contributed by atoms with Crippen LogP contribution >= 0.6 is 0 Å². The van der Waals surface area contributed by atoms with E-state index in [4.69, 9.17) is 0 Å². The van der Waals surface area contributed by atoms with Crippen molar-refractivity contribution in [3.05, 3.63) is 0 Å². The summed E-state index contributed by atoms with van der Waals surface area (Å²) in [6.07, 6.45) is 5.69. The summed E-state index contributed by atoms with van der Waals surface area (Å²) in [5, 5.41) is 2.75. The number of carbonyl (C=O) groups is 1. The van der Waals surface area contributed by atoms with Crippen molar-refractivity contribution in [1.82, 2.24) is 5.32 Å². The first-order valence-corrected chi connectivity index (χ1v) is 5.21. The SMILES string of the molecule is O=C(NC1CC1)C1(F)CCCCC1. The van der Waals surface area contributed by atoms with Gasteiger partial charge in [-0.25, -0.2) is 4.39 Å². The summed E-state index contributed by atoms with van der Waals surface area (Å²) < 4.78 is 13.9. The largest absolute Gasteiger partial charge is 0.351 e. The van der Waals surface area contributed by atoms with Crippen LogP contribution < -0.4 is 5.32 Å². The highest BCUT2D eigenvalue weighted by atomic mass is 19.1. The molecule has 1 amide bonds. The van der Waals surface area contributed by atoms with Gasteiger partial charge in [0.05, 0.1) is 0 Å². The Hall–Kier alpha value is -0.600. The maximum atomic E-state index is 13.9. The fourth-order valence-electron chi connectivity index (χ4n) is 1.88. The van der Waals surface area contributed by atoms with Crippen LogP contribution in [0.2, 0.25) is 0 Å². The number of amides is 1. The normalized spacial score (nSPS) is 26.8. The van der Waals surface area contributed by atoms with Crippen molar-refractivity contribution in [2.75, 3.05) is 0 Å². The van der Waals surface area contributed by atoms with Crippen molar-refractivity contribution in [2.45, 2.75) is 56.7 Å². The van der Waals surface area contributed by atoms with E-state index in [1.54, 1.807) is 0 Å². The van der Waals surface area contributed by atoms with Crippen LogP contribution in [-0.4, -0.2) is 17.6 Å². The van der Waals surface area contributed by atoms with Crippen molar-refractivity contribution in [1.29, 1.82) is 0 Å². The van der Waals surface area contributed by atoms with E-state index in [1.165, 1.54) is 0 Å². The van der Waals surface area contributed by atoms with Crippen molar-refractivity contribution in [3.63, 3.8) is 0 Å². The number of rotatable bonds is 2. The van der Waals surface area contributed by atoms with Gasteiger partial charge in [-0.1, -0.05) is 6.42 Å². The summed E-state index contributed by atoms with van der Waals surface area (Å²) >= 11 is 0. The predicted molar refractivity (Wildman–Crippen MR) is 48.1 cm³/mol. The maximum Gasteiger partial charge on any atom is 0.257 e. The Balaban J connectivity index is 1.90. The molecule has 2 aliphatic rings. The third kappa shape index (κ3) is 2.01. The molecule has 0 bridgehead atoms. The van der Waals surface area contributed by atoms with Gasteiger partial charge in [-0.2, -0.15) is 0 Å². The highest BCUT2D eigenvalue weighted by Gasteiger charge is 2.41. The van der Waals surface area contributed by atoms with Crippen LogP contribution in [0.15, 0.2) is 0 Å². The van der Waals surface area contributed by atoms with Gasteiger partial charge in [0.15, 0.2) is 5.67 Å². The number of halogens is 1. The fraction of sp³-hybridized carbons (Fsp3) is 0.900. The summed E-state index contributed by atoms with van der Waals surface area (Å²) in [6.45, 7) is 0. The molecule has 2 fully saturated rings. The molecule has 2 saturated carbocycles. The van der Waals surface area contributed by atoms with E-state index in [0.29, 0.717) is 12.8 Å². The highest BCUT2D eigenvalue weighted by Crippen LogP contribution is 2.33. The van der Waals surface area contributed by atoms with Crippen LogP contribution in [0.5, 0.6) is 0 Å². The molecular formula is C10H16FNO. The number of hydrogen-bond acceptors (Lipinski definition) is 1. The molecule has 13 heavy (non-hydrogen) atoms. The molecule has 2 rings (SSSR count). The molecule has 0 aromatic heterocycles. The van der Waals surface area contributed by atoms with Crippen LogP contribution in [0, 0.1) is 0 Å². The first kappa shape index (κ1) is 8.97. The van der Waals surface area contributed by atoms with E-state index in [0.717, 1.165) is 32.1 Å². The molecule has 2 nitrogen and oxygen atoms in total. The lowest BCUT2D eigenvalue weighted by molar-refractivity contribution is -0.135. The smallest absolute Gasteiger partial charge is 0.257 e. The Kier molecular flexibility index (Phi) is 2.26. The number of hydrogen-bond donors (Lipinski definition) is 1. The zero-order valence-electron chi connectivity index (χ0n) is 7.81. The number of alkyl halides is 1. The molecule has 0 saturated heterocycles. The predicted octanol–water partition coefficient (Wildman–Crippen LogP) is 1.94. The van der Waals surface area contributed by atoms with E-state index in [-0.39, 0.29) is 11.9 Å². The lowest BCUT2D eigenvalue weighted by atomic mass is 9.86. The van der Waals surface area contributed by atoms with Crippen LogP contribution in [0.3, 0.4) is 0 Å². The Labute approximate surface area is 77.9 Å². The summed E-state index contributed by atoms with van der Waals surface area (Å²) in [5.41, 5.74) is -1.54. The van der Waals surface area contributed by atoms with Crippen molar-refractivity contribution in [3.8, 4) is 0 Å². The van der Waals surface area contributed by atoms with Crippen LogP contribution in [0.25, 0.3) is 0 Å². The van der Waals surface area contributed by atoms with E-state index >= 15 is 0 Å². The molecule has 74 valence electrons. The van der Waals surface area contributed by atoms with E-state index < -0.39 is 5.67 Å². The van der Waals surface area contributed by atoms with E-state index in [9.17, 15) is 9.18 Å². The first-order valence-electron chi connectivity index (χ1n) is 5.21. The van der Waals surface area contributed by atoms with Gasteiger partial charge >= 0.3 is 0 Å². The van der Waals surface area contributed by atoms with Gasteiger partial charge < -0.3 is 5.32 Å². The van der Waals surface area contributed by atoms with Gasteiger partial charge in [-0.3, -0.25) is 4.79 Å². The second-order valence-electron chi connectivity index (χ2n) is 4.27. The summed E-state index contributed by atoms with van der Waals surface area (Å²) in [7, 11) is 0. The van der Waals surface area contributed by atoms with E-state index in [1.807, 2.05) is 0 Å². The van der Waals surface area contributed by atoms with Gasteiger partial charge in [0, 0.05) is 6.04 Å². The second-order valence-corrected chi connectivity index (χ2v) is 4.27. The van der Waals surface area contributed by atoms with Crippen molar-refractivity contribution >= 4 is 5.91 Å². The molecule has 0 radical (unpaired) electrons. The lowest BCUT2D eigenvalue weighted by Gasteiger charge is -2.27. The van der Waals surface area contributed by atoms with Gasteiger partial charge in [0.25, 0.3) is 5.91 Å². The molecule has 0 atom stereocenters. The molecule has 2 aliphatic carbocycles. The summed E-state index contributed by atoms with van der Waals surface area (Å²) in [5.74, 6) is -0.352. The molecular weight excluding hydrogens is 169 g/mol. The third-order valence-corrected chi connectivity index (χ3v) is 2.97. The third-order valence-electron chi connectivity index (χ3n) is 2.97. The average molecular weight is 185 g/mol. The average Bonchev–Trinajstić information content (AvgIpc) is 2.89. The molecule has 0 aliphatic heterocycles. The standard InChI is InChI=1S/C10H16FNO/c11-10(6-2-1-3-7-10)9(13)12-8-4-5-8/h8H,1-7H2,(H,12,13). The van der Waals surface area contributed by atoms with Gasteiger partial charge in [-0.05, 0) is 38.5 Å². The fourth-order valence-corrected chi connectivity index (χ4v) is 1.88. The minimum Gasteiger partial charge on any atom is -0.351 e. The van der Waals surface area contributed by atoms with Gasteiger partial charge in [0.2, 0.25) is 0 Å². The van der Waals surface area contributed by atoms with Crippen LogP contribution in [-0.2, 0) is 4.79 Å². The van der Waals surface area contributed by atoms with Crippen LogP contribution in [0.1, 0.15) is 44.9 Å². The minimum absolute atomic E-state index is 0.280. The van der Waals surface area contributed by atoms with Crippen LogP contribution in [0.4, 0.5) is 4.39 Å². The zero-order chi connectivity index (χ0) is 9.31. The summed E-state index contributed by atoms with van der Waals surface area (Å²) in [6, 6.07) is 0.280. The monoisotopic (exact) mass is 185 g/mol. The molecule has 0 heterocycles. The first-order chi connectivity index (χ1) is 6.21. The minimum atomic E-state index is -1.54. The van der Waals surface area contributed by atoms with Crippen molar-refractivity contribution in [2.24, 2.45) is 0 Å². The maximum absolute atomic E-state index is 13.9. The number of carbonyl (C=O) groups excluding carboxylic acids is 1. The van der Waals surface area contributed by atoms with Crippen molar-refractivity contribution < 1.29 is 9.18 Å². The van der Waals surface area contributed by atoms with Gasteiger partial charge in [0.1, 0.15) is 0 Å². The molecule has 0 unspecified atom stereocenters. The molecule has 0 aromatic rings. The topological polar surface area (TPSA) is 29.1 Å². The van der Waals surface area contributed by atoms with Gasteiger partial charge in [-0.15, -0.1) is 0 Å². The Morgan fingerprint density at radius 3 is 2.38 bits per heavy atom. The lowest BCUT2D eigenvalue weighted by Crippen LogP contribution is -2.45. The molecule has 1 N–H and O–H groups in total. The Bertz CT molecular complexity index is 207. The summed E-state index contributed by atoms with van der Waals surface area (Å²) in [4.78, 5) is 11.5. The van der Waals surface area contributed by atoms with E-state index in [2.05, 4.69) is 5.32 Å². The quantitative estimate of drug-likeness (QED) is 0.699. The molecule has 0 aromatic carbocycles. The Morgan fingerprint density at radius 2 is 1.85 bits per heavy atom. The highest BCUT2D eigenvalue weighted by molar-refractivity contribution is 5.85. The number of nitrogens with one attached hydrogen (secondary N) is 1. The Morgan fingerprint density at radius 1 is 1.23 bits per heavy atom. The molecule has 3 heteroatoms.